The first-order valence-corrected chi connectivity index (χ1v) is 9.55. The molecular formula is C20H23F3N2O5. The van der Waals surface area contributed by atoms with Crippen LogP contribution in [0.5, 0.6) is 0 Å². The summed E-state index contributed by atoms with van der Waals surface area (Å²) < 4.78 is 38.7. The second-order valence-corrected chi connectivity index (χ2v) is 7.34. The van der Waals surface area contributed by atoms with Gasteiger partial charge in [0.15, 0.2) is 0 Å². The summed E-state index contributed by atoms with van der Waals surface area (Å²) >= 11 is 0. The number of carbonyl (C=O) groups is 4. The number of amides is 2. The van der Waals surface area contributed by atoms with Gasteiger partial charge in [-0.25, -0.2) is 0 Å². The van der Waals surface area contributed by atoms with Gasteiger partial charge in [-0.2, -0.15) is 13.2 Å². The van der Waals surface area contributed by atoms with Crippen LogP contribution in [0.25, 0.3) is 0 Å². The number of rotatable bonds is 9. The van der Waals surface area contributed by atoms with Gasteiger partial charge in [-0.3, -0.25) is 14.4 Å². The number of hydrogen-bond donors (Lipinski definition) is 3. The highest BCUT2D eigenvalue weighted by Crippen LogP contribution is 2.30. The van der Waals surface area contributed by atoms with Crippen molar-refractivity contribution in [3.8, 4) is 0 Å². The lowest BCUT2D eigenvalue weighted by Crippen LogP contribution is -2.51. The molecule has 164 valence electrons. The molecular weight excluding hydrogens is 405 g/mol. The summed E-state index contributed by atoms with van der Waals surface area (Å²) in [5.74, 6) is -2.76. The van der Waals surface area contributed by atoms with E-state index >= 15 is 0 Å². The van der Waals surface area contributed by atoms with Gasteiger partial charge in [0.25, 0.3) is 5.91 Å². The second kappa shape index (κ2) is 10.2. The van der Waals surface area contributed by atoms with Gasteiger partial charge in [-0.15, -0.1) is 0 Å². The predicted molar refractivity (Wildman–Crippen MR) is 99.5 cm³/mol. The molecule has 0 spiro atoms. The zero-order valence-corrected chi connectivity index (χ0v) is 16.1. The smallest absolute Gasteiger partial charge is 0.416 e. The molecule has 1 aromatic carbocycles. The van der Waals surface area contributed by atoms with E-state index in [1.165, 1.54) is 6.07 Å². The lowest BCUT2D eigenvalue weighted by atomic mass is 9.97. The Morgan fingerprint density at radius 3 is 2.40 bits per heavy atom. The first-order valence-electron chi connectivity index (χ1n) is 9.55. The molecule has 2 amide bonds. The van der Waals surface area contributed by atoms with Crippen LogP contribution in [-0.2, 0) is 20.6 Å². The molecule has 0 saturated heterocycles. The number of hydrogen-bond acceptors (Lipinski definition) is 4. The fourth-order valence-corrected chi connectivity index (χ4v) is 3.49. The van der Waals surface area contributed by atoms with E-state index < -0.39 is 48.0 Å². The van der Waals surface area contributed by atoms with Crippen molar-refractivity contribution in [2.75, 3.05) is 0 Å². The minimum Gasteiger partial charge on any atom is -0.481 e. The highest BCUT2D eigenvalue weighted by atomic mass is 19.4. The maximum Gasteiger partial charge on any atom is 0.416 e. The third kappa shape index (κ3) is 6.85. The molecule has 1 saturated carbocycles. The summed E-state index contributed by atoms with van der Waals surface area (Å²) in [7, 11) is 0. The maximum atomic E-state index is 12.9. The molecule has 7 nitrogen and oxygen atoms in total. The van der Waals surface area contributed by atoms with Gasteiger partial charge in [0.1, 0.15) is 12.3 Å². The van der Waals surface area contributed by atoms with Gasteiger partial charge in [0.2, 0.25) is 5.91 Å². The van der Waals surface area contributed by atoms with E-state index in [4.69, 9.17) is 5.11 Å². The van der Waals surface area contributed by atoms with Crippen LogP contribution < -0.4 is 10.6 Å². The number of carbonyl (C=O) groups excluding carboxylic acids is 3. The van der Waals surface area contributed by atoms with Gasteiger partial charge >= 0.3 is 12.1 Å². The number of aliphatic carboxylic acids is 1. The fraction of sp³-hybridized carbons (Fsp3) is 0.500. The number of aldehydes is 1. The summed E-state index contributed by atoms with van der Waals surface area (Å²) in [6, 6.07) is 1.45. The third-order valence-corrected chi connectivity index (χ3v) is 5.00. The van der Waals surface area contributed by atoms with Gasteiger partial charge in [0.05, 0.1) is 18.0 Å². The highest BCUT2D eigenvalue weighted by molar-refractivity contribution is 5.98. The van der Waals surface area contributed by atoms with Crippen molar-refractivity contribution in [2.45, 2.75) is 56.8 Å². The molecule has 1 aliphatic rings. The zero-order valence-electron chi connectivity index (χ0n) is 16.1. The van der Waals surface area contributed by atoms with Crippen molar-refractivity contribution in [1.82, 2.24) is 10.6 Å². The molecule has 1 aromatic rings. The summed E-state index contributed by atoms with van der Waals surface area (Å²) in [4.78, 5) is 47.0. The fourth-order valence-electron chi connectivity index (χ4n) is 3.49. The SMILES string of the molecule is O=C[C@@H](CC(=O)O)NC(=O)[C@H](CC1CCCC1)NC(=O)c1cccc(C(F)(F)F)c1. The Hall–Kier alpha value is -2.91. The molecule has 0 radical (unpaired) electrons. The lowest BCUT2D eigenvalue weighted by molar-refractivity contribution is -0.139. The monoisotopic (exact) mass is 428 g/mol. The highest BCUT2D eigenvalue weighted by Gasteiger charge is 2.32. The van der Waals surface area contributed by atoms with Crippen molar-refractivity contribution >= 4 is 24.1 Å². The van der Waals surface area contributed by atoms with Crippen LogP contribution in [0.3, 0.4) is 0 Å². The van der Waals surface area contributed by atoms with E-state index in [-0.39, 0.29) is 24.2 Å². The topological polar surface area (TPSA) is 113 Å². The van der Waals surface area contributed by atoms with Crippen LogP contribution in [0, 0.1) is 5.92 Å². The molecule has 0 unspecified atom stereocenters. The van der Waals surface area contributed by atoms with Crippen LogP contribution in [0.1, 0.15) is 54.4 Å². The Morgan fingerprint density at radius 2 is 1.83 bits per heavy atom. The Bertz CT molecular complexity index is 791. The van der Waals surface area contributed by atoms with E-state index in [2.05, 4.69) is 10.6 Å². The van der Waals surface area contributed by atoms with E-state index in [0.717, 1.165) is 37.8 Å². The second-order valence-electron chi connectivity index (χ2n) is 7.34. The normalized spacial score (nSPS) is 16.5. The summed E-state index contributed by atoms with van der Waals surface area (Å²) in [6.45, 7) is 0. The Labute approximate surface area is 171 Å². The number of carboxylic acid groups (broad SMARTS) is 1. The Kier molecular flexibility index (Phi) is 7.96. The van der Waals surface area contributed by atoms with Crippen LogP contribution in [0.4, 0.5) is 13.2 Å². The molecule has 1 aliphatic carbocycles. The molecule has 10 heteroatoms. The van der Waals surface area contributed by atoms with Crippen LogP contribution in [0.15, 0.2) is 24.3 Å². The Morgan fingerprint density at radius 1 is 1.17 bits per heavy atom. The van der Waals surface area contributed by atoms with Gasteiger partial charge in [-0.05, 0) is 30.5 Å². The van der Waals surface area contributed by atoms with Crippen LogP contribution >= 0.6 is 0 Å². The molecule has 0 aliphatic heterocycles. The Balaban J connectivity index is 2.16. The van der Waals surface area contributed by atoms with Crippen LogP contribution in [0.2, 0.25) is 0 Å². The van der Waals surface area contributed by atoms with Crippen molar-refractivity contribution in [3.05, 3.63) is 35.4 Å². The number of alkyl halides is 3. The zero-order chi connectivity index (χ0) is 22.3. The molecule has 0 aromatic heterocycles. The van der Waals surface area contributed by atoms with E-state index in [1.54, 1.807) is 0 Å². The maximum absolute atomic E-state index is 12.9. The number of nitrogens with one attached hydrogen (secondary N) is 2. The summed E-state index contributed by atoms with van der Waals surface area (Å²) in [5.41, 5.74) is -1.25. The molecule has 0 bridgehead atoms. The average molecular weight is 428 g/mol. The third-order valence-electron chi connectivity index (χ3n) is 5.00. The molecule has 2 rings (SSSR count). The minimum absolute atomic E-state index is 0.136. The van der Waals surface area contributed by atoms with Crippen molar-refractivity contribution in [3.63, 3.8) is 0 Å². The molecule has 1 fully saturated rings. The number of benzene rings is 1. The molecule has 2 atom stereocenters. The van der Waals surface area contributed by atoms with Crippen LogP contribution in [-0.4, -0.2) is 41.3 Å². The van der Waals surface area contributed by atoms with E-state index in [9.17, 15) is 32.3 Å². The summed E-state index contributed by atoms with van der Waals surface area (Å²) in [6.07, 6.45) is -1.08. The van der Waals surface area contributed by atoms with Crippen molar-refractivity contribution < 1.29 is 37.5 Å². The van der Waals surface area contributed by atoms with E-state index in [0.29, 0.717) is 6.07 Å². The van der Waals surface area contributed by atoms with Gasteiger partial charge in [-0.1, -0.05) is 31.7 Å². The molecule has 0 heterocycles. The van der Waals surface area contributed by atoms with Crippen molar-refractivity contribution in [2.24, 2.45) is 5.92 Å². The largest absolute Gasteiger partial charge is 0.481 e. The first kappa shape index (κ1) is 23.4. The van der Waals surface area contributed by atoms with Crippen molar-refractivity contribution in [1.29, 1.82) is 0 Å². The van der Waals surface area contributed by atoms with Gasteiger partial charge in [0, 0.05) is 5.56 Å². The van der Waals surface area contributed by atoms with E-state index in [1.807, 2.05) is 0 Å². The first-order chi connectivity index (χ1) is 14.1. The number of halogens is 3. The predicted octanol–water partition coefficient (Wildman–Crippen LogP) is 2.54. The molecule has 3 N–H and O–H groups in total. The molecule has 30 heavy (non-hydrogen) atoms. The average Bonchev–Trinajstić information content (AvgIpc) is 3.19. The number of carboxylic acids is 1. The van der Waals surface area contributed by atoms with Gasteiger partial charge < -0.3 is 20.5 Å². The lowest BCUT2D eigenvalue weighted by Gasteiger charge is -2.23. The quantitative estimate of drug-likeness (QED) is 0.524. The summed E-state index contributed by atoms with van der Waals surface area (Å²) in [5, 5.41) is 13.5. The minimum atomic E-state index is -4.62. The standard InChI is InChI=1S/C20H23F3N2O5/c21-20(22,23)14-7-3-6-13(9-14)18(29)25-16(8-12-4-1-2-5-12)19(30)24-15(11-26)10-17(27)28/h3,6-7,9,11-12,15-16H,1-2,4-5,8,10H2,(H,24,30)(H,25,29)(H,27,28)/t15-,16+/m1/s1.